The number of likely N-dealkylation sites (tertiary alicyclic amines) is 1. The quantitative estimate of drug-likeness (QED) is 0.498. The summed E-state index contributed by atoms with van der Waals surface area (Å²) in [5.41, 5.74) is -1.43. The second kappa shape index (κ2) is 9.48. The summed E-state index contributed by atoms with van der Waals surface area (Å²) < 4.78 is 12.5. The lowest BCUT2D eigenvalue weighted by atomic mass is 9.73. The van der Waals surface area contributed by atoms with Gasteiger partial charge in [0.2, 0.25) is 11.8 Å². The van der Waals surface area contributed by atoms with Crippen molar-refractivity contribution in [1.82, 2.24) is 9.80 Å². The molecule has 1 N–H and O–H groups in total. The van der Waals surface area contributed by atoms with Crippen LogP contribution in [0.5, 0.6) is 0 Å². The zero-order valence-electron chi connectivity index (χ0n) is 20.8. The van der Waals surface area contributed by atoms with Crippen LogP contribution in [-0.4, -0.2) is 75.7 Å². The summed E-state index contributed by atoms with van der Waals surface area (Å²) in [6.45, 7) is 4.33. The number of hydrogen-bond acceptors (Lipinski definition) is 6. The smallest absolute Gasteiger partial charge is 0.313 e. The average molecular weight is 495 g/mol. The largest absolute Gasteiger partial charge is 0.465 e. The first kappa shape index (κ1) is 24.7. The van der Waals surface area contributed by atoms with E-state index in [4.69, 9.17) is 9.47 Å². The number of rotatable bonds is 5. The Morgan fingerprint density at radius 2 is 1.86 bits per heavy atom. The molecule has 36 heavy (non-hydrogen) atoms. The van der Waals surface area contributed by atoms with E-state index in [1.54, 1.807) is 11.8 Å². The number of cyclic esters (lactones) is 1. The monoisotopic (exact) mass is 494 g/mol. The van der Waals surface area contributed by atoms with Crippen LogP contribution in [0.25, 0.3) is 0 Å². The molecule has 2 saturated heterocycles. The molecule has 5 rings (SSSR count). The highest BCUT2D eigenvalue weighted by Gasteiger charge is 2.75. The van der Waals surface area contributed by atoms with Crippen molar-refractivity contribution < 1.29 is 29.0 Å². The molecule has 0 aliphatic carbocycles. The number of esters is 1. The number of amides is 2. The molecule has 0 aromatic heterocycles. The van der Waals surface area contributed by atoms with E-state index in [-0.39, 0.29) is 25.0 Å². The number of carbonyl (C=O) groups excluding carboxylic acids is 3. The van der Waals surface area contributed by atoms with Gasteiger partial charge < -0.3 is 24.4 Å². The fraction of sp³-hybridized carbons (Fsp3) is 0.536. The van der Waals surface area contributed by atoms with Crippen molar-refractivity contribution in [1.29, 1.82) is 0 Å². The molecular formula is C28H34N2O6. The Labute approximate surface area is 211 Å². The lowest BCUT2D eigenvalue weighted by Gasteiger charge is -2.40. The van der Waals surface area contributed by atoms with Crippen molar-refractivity contribution in [3.63, 3.8) is 0 Å². The van der Waals surface area contributed by atoms with Crippen LogP contribution in [0.3, 0.4) is 0 Å². The van der Waals surface area contributed by atoms with Gasteiger partial charge in [0.1, 0.15) is 23.2 Å². The van der Waals surface area contributed by atoms with Gasteiger partial charge in [0.05, 0.1) is 25.2 Å². The van der Waals surface area contributed by atoms with E-state index < -0.39 is 41.1 Å². The van der Waals surface area contributed by atoms with E-state index in [9.17, 15) is 19.5 Å². The molecule has 4 aliphatic rings. The van der Waals surface area contributed by atoms with Gasteiger partial charge in [0.15, 0.2) is 0 Å². The fourth-order valence-corrected chi connectivity index (χ4v) is 6.37. The van der Waals surface area contributed by atoms with Gasteiger partial charge in [-0.05, 0) is 31.7 Å². The minimum atomic E-state index is -1.34. The fourth-order valence-electron chi connectivity index (χ4n) is 6.37. The number of benzene rings is 1. The molecule has 0 radical (unpaired) electrons. The summed E-state index contributed by atoms with van der Waals surface area (Å²) in [5, 5.41) is 10.0. The van der Waals surface area contributed by atoms with Crippen molar-refractivity contribution in [2.75, 3.05) is 19.8 Å². The van der Waals surface area contributed by atoms with Gasteiger partial charge in [-0.3, -0.25) is 14.4 Å². The topological polar surface area (TPSA) is 96.4 Å². The van der Waals surface area contributed by atoms with Crippen LogP contribution in [0, 0.1) is 11.8 Å². The molecule has 1 aromatic rings. The average Bonchev–Trinajstić information content (AvgIpc) is 3.28. The summed E-state index contributed by atoms with van der Waals surface area (Å²) in [6, 6.07) is 8.06. The first-order valence-electron chi connectivity index (χ1n) is 12.9. The predicted molar refractivity (Wildman–Crippen MR) is 131 cm³/mol. The Bertz CT molecular complexity index is 1090. The maximum absolute atomic E-state index is 14.2. The predicted octanol–water partition coefficient (Wildman–Crippen LogP) is 2.22. The number of fused-ring (bicyclic) bond motifs is 2. The van der Waals surface area contributed by atoms with Crippen LogP contribution >= 0.6 is 0 Å². The second-order valence-electron chi connectivity index (χ2n) is 10.2. The van der Waals surface area contributed by atoms with E-state index in [1.807, 2.05) is 61.6 Å². The molecule has 1 unspecified atom stereocenters. The minimum absolute atomic E-state index is 0.255. The normalized spacial score (nSPS) is 35.6. The van der Waals surface area contributed by atoms with Gasteiger partial charge in [0, 0.05) is 13.1 Å². The lowest BCUT2D eigenvalue weighted by Crippen LogP contribution is -2.58. The Morgan fingerprint density at radius 1 is 1.08 bits per heavy atom. The standard InChI is InChI=1S/C28H34N2O6/c1-3-27-13-8-5-9-16-35-26(34)22(27)21-24(32)30(19(2)18-31)23-25(33)29(15-10-14-28(21,23)36-27)17-20-11-6-4-7-12-20/h4,6-8,10-14,19,21-23,31H,3,5,9,15-18H2,1-2H3/b13-8-/t19-,21+,22+,23?,27-,28+/m1/s1. The highest BCUT2D eigenvalue weighted by Crippen LogP contribution is 2.58. The van der Waals surface area contributed by atoms with E-state index in [1.165, 1.54) is 4.90 Å². The third-order valence-corrected chi connectivity index (χ3v) is 8.11. The van der Waals surface area contributed by atoms with E-state index in [0.29, 0.717) is 25.9 Å². The molecule has 2 fully saturated rings. The summed E-state index contributed by atoms with van der Waals surface area (Å²) in [6.07, 6.45) is 9.48. The second-order valence-corrected chi connectivity index (χ2v) is 10.2. The maximum atomic E-state index is 14.2. The summed E-state index contributed by atoms with van der Waals surface area (Å²) >= 11 is 0. The van der Waals surface area contributed by atoms with Crippen LogP contribution < -0.4 is 0 Å². The number of aliphatic hydroxyl groups excluding tert-OH is 1. The van der Waals surface area contributed by atoms with Crippen LogP contribution in [-0.2, 0) is 30.4 Å². The zero-order valence-corrected chi connectivity index (χ0v) is 20.8. The lowest BCUT2D eigenvalue weighted by molar-refractivity contribution is -0.162. The molecule has 4 heterocycles. The zero-order chi connectivity index (χ0) is 25.5. The van der Waals surface area contributed by atoms with Crippen LogP contribution in [0.15, 0.2) is 54.6 Å². The molecule has 2 amide bonds. The van der Waals surface area contributed by atoms with Gasteiger partial charge in [-0.15, -0.1) is 0 Å². The Hall–Kier alpha value is -2.97. The number of ether oxygens (including phenoxy) is 2. The molecule has 0 saturated carbocycles. The highest BCUT2D eigenvalue weighted by atomic mass is 16.6. The summed E-state index contributed by atoms with van der Waals surface area (Å²) in [5.74, 6) is -2.90. The van der Waals surface area contributed by atoms with Crippen molar-refractivity contribution in [2.24, 2.45) is 11.8 Å². The summed E-state index contributed by atoms with van der Waals surface area (Å²) in [4.78, 5) is 44.9. The molecule has 1 aromatic carbocycles. The Kier molecular flexibility index (Phi) is 6.51. The number of nitrogens with zero attached hydrogens (tertiary/aromatic N) is 2. The Balaban J connectivity index is 1.63. The number of allylic oxidation sites excluding steroid dienone is 1. The minimum Gasteiger partial charge on any atom is -0.465 e. The van der Waals surface area contributed by atoms with Crippen LogP contribution in [0.2, 0.25) is 0 Å². The van der Waals surface area contributed by atoms with E-state index in [0.717, 1.165) is 12.0 Å². The van der Waals surface area contributed by atoms with Crippen LogP contribution in [0.4, 0.5) is 0 Å². The van der Waals surface area contributed by atoms with E-state index in [2.05, 4.69) is 0 Å². The van der Waals surface area contributed by atoms with E-state index >= 15 is 0 Å². The van der Waals surface area contributed by atoms with Crippen molar-refractivity contribution in [3.05, 3.63) is 60.2 Å². The molecule has 8 heteroatoms. The molecule has 192 valence electrons. The van der Waals surface area contributed by atoms with Crippen LogP contribution in [0.1, 0.15) is 38.7 Å². The number of carbonyl (C=O) groups is 3. The van der Waals surface area contributed by atoms with Gasteiger partial charge in [-0.1, -0.05) is 61.6 Å². The van der Waals surface area contributed by atoms with Crippen molar-refractivity contribution in [3.8, 4) is 0 Å². The first-order chi connectivity index (χ1) is 17.4. The van der Waals surface area contributed by atoms with Crippen molar-refractivity contribution >= 4 is 17.8 Å². The SMILES string of the molecule is CC[C@@]12/C=C\CCCOC(=O)[C@@H]1[C@H]1C(=O)N([C@H](C)CO)C3C(=O)N(Cc4ccccc4)CC=C[C@@]31O2. The maximum Gasteiger partial charge on any atom is 0.313 e. The molecule has 0 bridgehead atoms. The molecular weight excluding hydrogens is 460 g/mol. The molecule has 1 spiro atoms. The van der Waals surface area contributed by atoms with Gasteiger partial charge in [-0.25, -0.2) is 0 Å². The first-order valence-corrected chi connectivity index (χ1v) is 12.9. The number of hydrogen-bond donors (Lipinski definition) is 1. The molecule has 6 atom stereocenters. The third-order valence-electron chi connectivity index (χ3n) is 8.11. The van der Waals surface area contributed by atoms with Crippen molar-refractivity contribution in [2.45, 2.75) is 62.9 Å². The van der Waals surface area contributed by atoms with Gasteiger partial charge in [0.25, 0.3) is 0 Å². The Morgan fingerprint density at radius 3 is 2.58 bits per heavy atom. The van der Waals surface area contributed by atoms with Gasteiger partial charge >= 0.3 is 5.97 Å². The third kappa shape index (κ3) is 3.69. The van der Waals surface area contributed by atoms with Gasteiger partial charge in [-0.2, -0.15) is 0 Å². The highest BCUT2D eigenvalue weighted by molar-refractivity contribution is 5.99. The summed E-state index contributed by atoms with van der Waals surface area (Å²) in [7, 11) is 0. The number of aliphatic hydroxyl groups is 1. The molecule has 4 aliphatic heterocycles. The molecule has 8 nitrogen and oxygen atoms in total.